The van der Waals surface area contributed by atoms with Crippen LogP contribution < -0.4 is 0 Å². The van der Waals surface area contributed by atoms with E-state index in [1.807, 2.05) is 36.4 Å². The Bertz CT molecular complexity index is 677. The Balaban J connectivity index is 1.51. The molecule has 0 aliphatic carbocycles. The minimum Gasteiger partial charge on any atom is -0.336 e. The molecule has 1 aromatic carbocycles. The molecule has 0 N–H and O–H groups in total. The van der Waals surface area contributed by atoms with Gasteiger partial charge < -0.3 is 9.47 Å². The first-order valence-corrected chi connectivity index (χ1v) is 8.27. The van der Waals surface area contributed by atoms with Crippen LogP contribution in [0.5, 0.6) is 0 Å². The van der Waals surface area contributed by atoms with E-state index in [1.165, 1.54) is 0 Å². The summed E-state index contributed by atoms with van der Waals surface area (Å²) < 4.78 is 2.15. The van der Waals surface area contributed by atoms with Gasteiger partial charge in [-0.1, -0.05) is 23.7 Å². The van der Waals surface area contributed by atoms with Crippen LogP contribution in [0.4, 0.5) is 0 Å². The average Bonchev–Trinajstić information content (AvgIpc) is 2.98. The molecule has 2 heterocycles. The highest BCUT2D eigenvalue weighted by molar-refractivity contribution is 6.33. The zero-order valence-electron chi connectivity index (χ0n) is 13.3. The molecule has 2 aromatic rings. The van der Waals surface area contributed by atoms with Crippen LogP contribution in [0.25, 0.3) is 0 Å². The van der Waals surface area contributed by atoms with Crippen LogP contribution in [-0.4, -0.2) is 58.0 Å². The number of hydrogen-bond donors (Lipinski definition) is 0. The minimum absolute atomic E-state index is 0.0284. The number of halogens is 1. The van der Waals surface area contributed by atoms with Gasteiger partial charge in [0.05, 0.1) is 10.6 Å². The maximum atomic E-state index is 12.5. The van der Waals surface area contributed by atoms with Gasteiger partial charge in [-0.25, -0.2) is 4.98 Å². The van der Waals surface area contributed by atoms with E-state index < -0.39 is 0 Å². The average molecular weight is 333 g/mol. The van der Waals surface area contributed by atoms with Gasteiger partial charge in [0.1, 0.15) is 5.82 Å². The fourth-order valence-electron chi connectivity index (χ4n) is 2.87. The highest BCUT2D eigenvalue weighted by Crippen LogP contribution is 2.18. The molecule has 0 saturated carbocycles. The minimum atomic E-state index is 0.0284. The lowest BCUT2D eigenvalue weighted by molar-refractivity contribution is 0.0633. The van der Waals surface area contributed by atoms with Gasteiger partial charge in [0.15, 0.2) is 0 Å². The molecule has 0 atom stereocenters. The van der Waals surface area contributed by atoms with E-state index in [9.17, 15) is 4.79 Å². The van der Waals surface area contributed by atoms with Crippen LogP contribution in [0.1, 0.15) is 16.2 Å². The molecule has 0 radical (unpaired) electrons. The van der Waals surface area contributed by atoms with Crippen molar-refractivity contribution >= 4 is 17.5 Å². The molecule has 1 aromatic heterocycles. The molecule has 0 spiro atoms. The number of imidazole rings is 1. The van der Waals surface area contributed by atoms with Gasteiger partial charge >= 0.3 is 0 Å². The van der Waals surface area contributed by atoms with Gasteiger partial charge in [-0.3, -0.25) is 9.69 Å². The fraction of sp³-hybridized carbons (Fsp3) is 0.412. The van der Waals surface area contributed by atoms with Gasteiger partial charge in [0.2, 0.25) is 0 Å². The number of nitrogens with zero attached hydrogens (tertiary/aromatic N) is 4. The molecule has 23 heavy (non-hydrogen) atoms. The van der Waals surface area contributed by atoms with E-state index in [0.717, 1.165) is 45.1 Å². The smallest absolute Gasteiger partial charge is 0.255 e. The first-order valence-electron chi connectivity index (χ1n) is 7.89. The number of amides is 1. The Morgan fingerprint density at radius 3 is 2.57 bits per heavy atom. The van der Waals surface area contributed by atoms with Crippen LogP contribution in [-0.2, 0) is 6.54 Å². The lowest BCUT2D eigenvalue weighted by Crippen LogP contribution is -2.49. The van der Waals surface area contributed by atoms with Gasteiger partial charge in [-0.05, 0) is 19.1 Å². The summed E-state index contributed by atoms with van der Waals surface area (Å²) in [5.74, 6) is 1.07. The van der Waals surface area contributed by atoms with Crippen molar-refractivity contribution in [1.29, 1.82) is 0 Å². The Labute approximate surface area is 141 Å². The van der Waals surface area contributed by atoms with Crippen LogP contribution in [0.2, 0.25) is 5.02 Å². The highest BCUT2D eigenvalue weighted by Gasteiger charge is 2.23. The van der Waals surface area contributed by atoms with E-state index in [-0.39, 0.29) is 5.91 Å². The number of carbonyl (C=O) groups excluding carboxylic acids is 1. The summed E-state index contributed by atoms with van der Waals surface area (Å²) in [5, 5.41) is 0.524. The number of aromatic nitrogens is 2. The van der Waals surface area contributed by atoms with Gasteiger partial charge in [0.25, 0.3) is 5.91 Å². The van der Waals surface area contributed by atoms with Crippen molar-refractivity contribution in [2.24, 2.45) is 0 Å². The Morgan fingerprint density at radius 1 is 1.17 bits per heavy atom. The van der Waals surface area contributed by atoms with Crippen molar-refractivity contribution < 1.29 is 4.79 Å². The molecule has 3 rings (SSSR count). The second kappa shape index (κ2) is 7.15. The highest BCUT2D eigenvalue weighted by atomic mass is 35.5. The summed E-state index contributed by atoms with van der Waals surface area (Å²) in [6.45, 7) is 7.20. The molecule has 1 aliphatic rings. The number of hydrogen-bond acceptors (Lipinski definition) is 3. The zero-order valence-corrected chi connectivity index (χ0v) is 14.0. The molecule has 122 valence electrons. The summed E-state index contributed by atoms with van der Waals surface area (Å²) in [6, 6.07) is 7.25. The molecule has 1 amide bonds. The number of aryl methyl sites for hydroxylation is 1. The Kier molecular flexibility index (Phi) is 4.98. The lowest BCUT2D eigenvalue weighted by atomic mass is 10.2. The van der Waals surface area contributed by atoms with Crippen molar-refractivity contribution in [3.8, 4) is 0 Å². The molecular formula is C17H21ClN4O. The van der Waals surface area contributed by atoms with Gasteiger partial charge in [-0.15, -0.1) is 0 Å². The first-order chi connectivity index (χ1) is 11.1. The topological polar surface area (TPSA) is 41.4 Å². The Morgan fingerprint density at radius 2 is 1.91 bits per heavy atom. The fourth-order valence-corrected chi connectivity index (χ4v) is 3.09. The third-order valence-corrected chi connectivity index (χ3v) is 4.67. The quantitative estimate of drug-likeness (QED) is 0.862. The van der Waals surface area contributed by atoms with E-state index in [4.69, 9.17) is 11.6 Å². The van der Waals surface area contributed by atoms with Crippen molar-refractivity contribution in [3.63, 3.8) is 0 Å². The number of carbonyl (C=O) groups is 1. The summed E-state index contributed by atoms with van der Waals surface area (Å²) in [5.41, 5.74) is 0.594. The number of piperazine rings is 1. The van der Waals surface area contributed by atoms with Crippen LogP contribution >= 0.6 is 11.6 Å². The van der Waals surface area contributed by atoms with Crippen molar-refractivity contribution in [2.45, 2.75) is 13.5 Å². The third-order valence-electron chi connectivity index (χ3n) is 4.34. The molecule has 6 heteroatoms. The monoisotopic (exact) mass is 332 g/mol. The molecule has 5 nitrogen and oxygen atoms in total. The van der Waals surface area contributed by atoms with E-state index >= 15 is 0 Å². The normalized spacial score (nSPS) is 15.8. The number of rotatable bonds is 4. The van der Waals surface area contributed by atoms with Gasteiger partial charge in [-0.2, -0.15) is 0 Å². The summed E-state index contributed by atoms with van der Waals surface area (Å²) >= 11 is 6.12. The van der Waals surface area contributed by atoms with Gasteiger partial charge in [0, 0.05) is 51.7 Å². The third kappa shape index (κ3) is 3.74. The molecule has 0 bridgehead atoms. The van der Waals surface area contributed by atoms with Crippen molar-refractivity contribution in [2.75, 3.05) is 32.7 Å². The summed E-state index contributed by atoms with van der Waals surface area (Å²) in [4.78, 5) is 21.0. The zero-order chi connectivity index (χ0) is 16.2. The second-order valence-electron chi connectivity index (χ2n) is 5.78. The Hall–Kier alpha value is -1.85. The molecule has 1 aliphatic heterocycles. The summed E-state index contributed by atoms with van der Waals surface area (Å²) in [7, 11) is 0. The van der Waals surface area contributed by atoms with Crippen molar-refractivity contribution in [1.82, 2.24) is 19.4 Å². The molecule has 0 unspecified atom stereocenters. The van der Waals surface area contributed by atoms with E-state index in [0.29, 0.717) is 10.6 Å². The summed E-state index contributed by atoms with van der Waals surface area (Å²) in [6.07, 6.45) is 3.84. The van der Waals surface area contributed by atoms with Crippen LogP contribution in [0.15, 0.2) is 36.7 Å². The molecular weight excluding hydrogens is 312 g/mol. The largest absolute Gasteiger partial charge is 0.336 e. The molecule has 1 saturated heterocycles. The lowest BCUT2D eigenvalue weighted by Gasteiger charge is -2.35. The van der Waals surface area contributed by atoms with E-state index in [2.05, 4.69) is 14.5 Å². The SMILES string of the molecule is Cc1nccn1CCN1CCN(C(=O)c2ccccc2Cl)CC1. The predicted molar refractivity (Wildman–Crippen MR) is 90.8 cm³/mol. The first kappa shape index (κ1) is 16.0. The second-order valence-corrected chi connectivity index (χ2v) is 6.19. The predicted octanol–water partition coefficient (Wildman–Crippen LogP) is 2.30. The maximum Gasteiger partial charge on any atom is 0.255 e. The number of benzene rings is 1. The molecule has 1 fully saturated rings. The maximum absolute atomic E-state index is 12.5. The van der Waals surface area contributed by atoms with Crippen LogP contribution in [0.3, 0.4) is 0 Å². The van der Waals surface area contributed by atoms with Crippen LogP contribution in [0, 0.1) is 6.92 Å². The van der Waals surface area contributed by atoms with E-state index in [1.54, 1.807) is 12.1 Å². The van der Waals surface area contributed by atoms with Crippen molar-refractivity contribution in [3.05, 3.63) is 53.1 Å². The standard InChI is InChI=1S/C17H21ClN4O/c1-14-19-6-7-21(14)11-8-20-9-12-22(13-10-20)17(23)15-4-2-3-5-16(15)18/h2-7H,8-13H2,1H3.